The lowest BCUT2D eigenvalue weighted by atomic mass is 10.0. The van der Waals surface area contributed by atoms with E-state index in [0.717, 1.165) is 6.54 Å². The van der Waals surface area contributed by atoms with Crippen molar-refractivity contribution in [1.29, 1.82) is 0 Å². The summed E-state index contributed by atoms with van der Waals surface area (Å²) in [7, 11) is 4.03. The van der Waals surface area contributed by atoms with E-state index in [1.165, 1.54) is 25.8 Å². The van der Waals surface area contributed by atoms with Crippen LogP contribution in [-0.4, -0.2) is 48.9 Å². The fourth-order valence-corrected chi connectivity index (χ4v) is 1.82. The van der Waals surface area contributed by atoms with Gasteiger partial charge in [0.1, 0.15) is 0 Å². The molecule has 1 aliphatic heterocycles. The lowest BCUT2D eigenvalue weighted by molar-refractivity contribution is -0.128. The predicted octanol–water partition coefficient (Wildman–Crippen LogP) is 0.949. The Bertz CT molecular complexity index is 182. The smallest absolute Gasteiger partial charge is 0.219 e. The Morgan fingerprint density at radius 3 is 2.77 bits per heavy atom. The maximum atomic E-state index is 11.0. The highest BCUT2D eigenvalue weighted by Gasteiger charge is 2.20. The van der Waals surface area contributed by atoms with Gasteiger partial charge < -0.3 is 9.80 Å². The van der Waals surface area contributed by atoms with Gasteiger partial charge in [-0.25, -0.2) is 0 Å². The van der Waals surface area contributed by atoms with Gasteiger partial charge in [0, 0.05) is 26.6 Å². The van der Waals surface area contributed by atoms with Crippen molar-refractivity contribution in [2.75, 3.05) is 27.2 Å². The summed E-state index contributed by atoms with van der Waals surface area (Å²) >= 11 is 0. The molecule has 0 aromatic heterocycles. The number of amides is 1. The third-order valence-electron chi connectivity index (χ3n) is 2.94. The van der Waals surface area contributed by atoms with E-state index >= 15 is 0 Å². The van der Waals surface area contributed by atoms with Gasteiger partial charge in [0.25, 0.3) is 0 Å². The zero-order valence-corrected chi connectivity index (χ0v) is 8.92. The molecule has 1 aliphatic rings. The summed E-state index contributed by atoms with van der Waals surface area (Å²) in [5.41, 5.74) is 0. The van der Waals surface area contributed by atoms with Crippen molar-refractivity contribution in [3.05, 3.63) is 0 Å². The van der Waals surface area contributed by atoms with Crippen molar-refractivity contribution in [3.63, 3.8) is 0 Å². The van der Waals surface area contributed by atoms with Crippen LogP contribution in [0.15, 0.2) is 0 Å². The number of rotatable bonds is 2. The number of likely N-dealkylation sites (tertiary alicyclic amines) is 1. The van der Waals surface area contributed by atoms with E-state index < -0.39 is 0 Å². The zero-order chi connectivity index (χ0) is 9.84. The third kappa shape index (κ3) is 2.99. The first-order chi connectivity index (χ1) is 6.11. The molecule has 1 heterocycles. The number of hydrogen-bond donors (Lipinski definition) is 0. The lowest BCUT2D eigenvalue weighted by Gasteiger charge is -2.34. The van der Waals surface area contributed by atoms with E-state index in [4.69, 9.17) is 0 Å². The molecule has 1 fully saturated rings. The minimum absolute atomic E-state index is 0.166. The number of hydrogen-bond acceptors (Lipinski definition) is 2. The van der Waals surface area contributed by atoms with Crippen molar-refractivity contribution in [1.82, 2.24) is 9.80 Å². The highest BCUT2D eigenvalue weighted by Crippen LogP contribution is 2.15. The Labute approximate surface area is 80.7 Å². The average molecular weight is 184 g/mol. The standard InChI is InChI=1S/C10H20N2O/c1-9(13)12(3)8-10-6-4-5-7-11(10)2/h10H,4-8H2,1-3H3. The molecule has 0 aliphatic carbocycles. The van der Waals surface area contributed by atoms with Crippen LogP contribution in [0.5, 0.6) is 0 Å². The fourth-order valence-electron chi connectivity index (χ4n) is 1.82. The molecule has 0 aromatic carbocycles. The van der Waals surface area contributed by atoms with Crippen LogP contribution < -0.4 is 0 Å². The maximum Gasteiger partial charge on any atom is 0.219 e. The molecule has 0 spiro atoms. The molecule has 1 amide bonds. The highest BCUT2D eigenvalue weighted by molar-refractivity contribution is 5.72. The molecule has 1 unspecified atom stereocenters. The van der Waals surface area contributed by atoms with Crippen molar-refractivity contribution in [2.24, 2.45) is 0 Å². The molecule has 13 heavy (non-hydrogen) atoms. The number of nitrogens with zero attached hydrogens (tertiary/aromatic N) is 2. The van der Waals surface area contributed by atoms with Crippen LogP contribution in [0.3, 0.4) is 0 Å². The first kappa shape index (κ1) is 10.5. The quantitative estimate of drug-likeness (QED) is 0.638. The third-order valence-corrected chi connectivity index (χ3v) is 2.94. The molecule has 1 rings (SSSR count). The van der Waals surface area contributed by atoms with Gasteiger partial charge in [-0.15, -0.1) is 0 Å². The molecule has 0 bridgehead atoms. The van der Waals surface area contributed by atoms with Crippen LogP contribution in [0.2, 0.25) is 0 Å². The van der Waals surface area contributed by atoms with Gasteiger partial charge in [-0.2, -0.15) is 0 Å². The van der Waals surface area contributed by atoms with E-state index in [9.17, 15) is 4.79 Å². The van der Waals surface area contributed by atoms with Crippen LogP contribution in [0, 0.1) is 0 Å². The van der Waals surface area contributed by atoms with Gasteiger partial charge >= 0.3 is 0 Å². The van der Waals surface area contributed by atoms with E-state index in [0.29, 0.717) is 6.04 Å². The summed E-state index contributed by atoms with van der Waals surface area (Å²) in [4.78, 5) is 15.2. The minimum atomic E-state index is 0.166. The first-order valence-corrected chi connectivity index (χ1v) is 5.03. The second-order valence-electron chi connectivity index (χ2n) is 4.03. The van der Waals surface area contributed by atoms with Crippen molar-refractivity contribution < 1.29 is 4.79 Å². The fraction of sp³-hybridized carbons (Fsp3) is 0.900. The van der Waals surface area contributed by atoms with Gasteiger partial charge in [-0.05, 0) is 26.4 Å². The van der Waals surface area contributed by atoms with Crippen LogP contribution in [0.4, 0.5) is 0 Å². The van der Waals surface area contributed by atoms with Crippen molar-refractivity contribution in [3.8, 4) is 0 Å². The van der Waals surface area contributed by atoms with Crippen LogP contribution in [-0.2, 0) is 4.79 Å². The predicted molar refractivity (Wildman–Crippen MR) is 53.6 cm³/mol. The Morgan fingerprint density at radius 1 is 1.54 bits per heavy atom. The summed E-state index contributed by atoms with van der Waals surface area (Å²) in [5, 5.41) is 0. The number of carbonyl (C=O) groups is 1. The molecule has 0 radical (unpaired) electrons. The second kappa shape index (κ2) is 4.61. The zero-order valence-electron chi connectivity index (χ0n) is 8.92. The van der Waals surface area contributed by atoms with Crippen LogP contribution in [0.1, 0.15) is 26.2 Å². The Kier molecular flexibility index (Phi) is 3.72. The Balaban J connectivity index is 2.37. The Morgan fingerprint density at radius 2 is 2.23 bits per heavy atom. The Hall–Kier alpha value is -0.570. The largest absolute Gasteiger partial charge is 0.344 e. The molecule has 0 saturated carbocycles. The molecule has 0 N–H and O–H groups in total. The molecule has 3 heteroatoms. The van der Waals surface area contributed by atoms with Gasteiger partial charge in [0.05, 0.1) is 0 Å². The normalized spacial score (nSPS) is 24.4. The van der Waals surface area contributed by atoms with E-state index in [1.54, 1.807) is 6.92 Å². The van der Waals surface area contributed by atoms with Crippen LogP contribution in [0.25, 0.3) is 0 Å². The van der Waals surface area contributed by atoms with E-state index in [2.05, 4.69) is 11.9 Å². The minimum Gasteiger partial charge on any atom is -0.344 e. The van der Waals surface area contributed by atoms with E-state index in [-0.39, 0.29) is 5.91 Å². The van der Waals surface area contributed by atoms with Gasteiger partial charge in [0.2, 0.25) is 5.91 Å². The van der Waals surface area contributed by atoms with Gasteiger partial charge in [-0.1, -0.05) is 6.42 Å². The summed E-state index contributed by atoms with van der Waals surface area (Å²) < 4.78 is 0. The summed E-state index contributed by atoms with van der Waals surface area (Å²) in [5.74, 6) is 0.166. The SMILES string of the molecule is CC(=O)N(C)CC1CCCCN1C. The molecule has 1 saturated heterocycles. The number of piperidine rings is 1. The molecular weight excluding hydrogens is 164 g/mol. The van der Waals surface area contributed by atoms with Crippen molar-refractivity contribution >= 4 is 5.91 Å². The lowest BCUT2D eigenvalue weighted by Crippen LogP contribution is -2.44. The van der Waals surface area contributed by atoms with Gasteiger partial charge in [-0.3, -0.25) is 4.79 Å². The average Bonchev–Trinajstić information content (AvgIpc) is 2.08. The molecule has 1 atom stereocenters. The molecule has 76 valence electrons. The highest BCUT2D eigenvalue weighted by atomic mass is 16.2. The first-order valence-electron chi connectivity index (χ1n) is 5.03. The van der Waals surface area contributed by atoms with Crippen LogP contribution >= 0.6 is 0 Å². The molecule has 3 nitrogen and oxygen atoms in total. The van der Waals surface area contributed by atoms with E-state index in [1.807, 2.05) is 11.9 Å². The summed E-state index contributed by atoms with van der Waals surface area (Å²) in [6.45, 7) is 3.69. The van der Waals surface area contributed by atoms with Crippen molar-refractivity contribution in [2.45, 2.75) is 32.2 Å². The molecule has 0 aromatic rings. The topological polar surface area (TPSA) is 23.6 Å². The molecular formula is C10H20N2O. The summed E-state index contributed by atoms with van der Waals surface area (Å²) in [6, 6.07) is 0.572. The second-order valence-corrected chi connectivity index (χ2v) is 4.03. The number of carbonyl (C=O) groups excluding carboxylic acids is 1. The maximum absolute atomic E-state index is 11.0. The monoisotopic (exact) mass is 184 g/mol. The number of likely N-dealkylation sites (N-methyl/N-ethyl adjacent to an activating group) is 2. The van der Waals surface area contributed by atoms with Gasteiger partial charge in [0.15, 0.2) is 0 Å². The summed E-state index contributed by atoms with van der Waals surface area (Å²) in [6.07, 6.45) is 3.84.